The maximum absolute atomic E-state index is 13.0. The number of aromatic nitrogens is 2. The first-order chi connectivity index (χ1) is 12.6. The first kappa shape index (κ1) is 17.5. The van der Waals surface area contributed by atoms with E-state index >= 15 is 0 Å². The van der Waals surface area contributed by atoms with Crippen molar-refractivity contribution in [3.8, 4) is 17.0 Å². The highest BCUT2D eigenvalue weighted by atomic mass is 32.2. The molecule has 3 heterocycles. The van der Waals surface area contributed by atoms with Crippen LogP contribution in [0.4, 0.5) is 0 Å². The van der Waals surface area contributed by atoms with Crippen LogP contribution in [0.2, 0.25) is 0 Å². The fourth-order valence-corrected chi connectivity index (χ4v) is 4.97. The number of rotatable bonds is 4. The maximum Gasteiger partial charge on any atom is 0.282 e. The van der Waals surface area contributed by atoms with Crippen LogP contribution >= 0.6 is 0 Å². The first-order valence-electron chi connectivity index (χ1n) is 8.63. The molecule has 26 heavy (non-hydrogen) atoms. The molecule has 0 unspecified atom stereocenters. The molecule has 4 rings (SSSR count). The van der Waals surface area contributed by atoms with Crippen molar-refractivity contribution in [1.82, 2.24) is 18.8 Å². The maximum atomic E-state index is 13.0. The molecule has 0 amide bonds. The van der Waals surface area contributed by atoms with Crippen molar-refractivity contribution < 1.29 is 17.9 Å². The summed E-state index contributed by atoms with van der Waals surface area (Å²) in [6.45, 7) is 2.46. The van der Waals surface area contributed by atoms with Gasteiger partial charge in [-0.1, -0.05) is 12.1 Å². The Balaban J connectivity index is 1.63. The van der Waals surface area contributed by atoms with Gasteiger partial charge in [-0.15, -0.1) is 0 Å². The summed E-state index contributed by atoms with van der Waals surface area (Å²) in [4.78, 5) is 0. The van der Waals surface area contributed by atoms with Gasteiger partial charge in [-0.25, -0.2) is 0 Å². The lowest BCUT2D eigenvalue weighted by Crippen LogP contribution is -2.49. The van der Waals surface area contributed by atoms with Crippen molar-refractivity contribution in [2.24, 2.45) is 0 Å². The molecule has 1 fully saturated rings. The zero-order chi connectivity index (χ0) is 18.1. The molecule has 1 aromatic carbocycles. The fourth-order valence-electron chi connectivity index (χ4n) is 3.42. The van der Waals surface area contributed by atoms with Crippen molar-refractivity contribution in [2.75, 3.05) is 40.0 Å². The third-order valence-electron chi connectivity index (χ3n) is 4.86. The third-order valence-corrected chi connectivity index (χ3v) is 6.85. The smallest absolute Gasteiger partial charge is 0.282 e. The van der Waals surface area contributed by atoms with Crippen molar-refractivity contribution in [3.05, 3.63) is 35.5 Å². The highest BCUT2D eigenvalue weighted by Gasteiger charge is 2.35. The summed E-state index contributed by atoms with van der Waals surface area (Å²) in [6, 6.07) is 7.64. The van der Waals surface area contributed by atoms with E-state index in [9.17, 15) is 8.42 Å². The molecular weight excluding hydrogens is 356 g/mol. The Bertz CT molecular complexity index is 890. The second-order valence-corrected chi connectivity index (χ2v) is 8.29. The molecule has 2 aliphatic heterocycles. The largest absolute Gasteiger partial charge is 0.497 e. The number of H-pyrrole nitrogens is 1. The summed E-state index contributed by atoms with van der Waals surface area (Å²) in [6.07, 6.45) is 0.621. The van der Waals surface area contributed by atoms with Gasteiger partial charge in [0.25, 0.3) is 10.2 Å². The third kappa shape index (κ3) is 3.11. The quantitative estimate of drug-likeness (QED) is 0.858. The molecule has 0 spiro atoms. The van der Waals surface area contributed by atoms with Crippen LogP contribution in [0.1, 0.15) is 11.3 Å². The van der Waals surface area contributed by atoms with Gasteiger partial charge in [0.2, 0.25) is 0 Å². The first-order valence-corrected chi connectivity index (χ1v) is 10.0. The summed E-state index contributed by atoms with van der Waals surface area (Å²) in [5, 5.41) is 7.50. The van der Waals surface area contributed by atoms with Crippen molar-refractivity contribution in [1.29, 1.82) is 0 Å². The van der Waals surface area contributed by atoms with E-state index in [-0.39, 0.29) is 0 Å². The summed E-state index contributed by atoms with van der Waals surface area (Å²) in [5.74, 6) is 0.743. The second-order valence-electron chi connectivity index (χ2n) is 6.36. The normalized spacial score (nSPS) is 19.3. The van der Waals surface area contributed by atoms with E-state index in [1.54, 1.807) is 11.4 Å². The van der Waals surface area contributed by atoms with E-state index in [1.165, 1.54) is 4.31 Å². The molecule has 0 bridgehead atoms. The van der Waals surface area contributed by atoms with E-state index in [0.29, 0.717) is 45.8 Å². The Kier molecular flexibility index (Phi) is 4.70. The summed E-state index contributed by atoms with van der Waals surface area (Å²) in [7, 11) is -1.88. The van der Waals surface area contributed by atoms with E-state index < -0.39 is 10.2 Å². The molecule has 140 valence electrons. The second kappa shape index (κ2) is 6.99. The fraction of sp³-hybridized carbons (Fsp3) is 0.471. The molecule has 2 aromatic rings. The topological polar surface area (TPSA) is 87.8 Å². The van der Waals surface area contributed by atoms with Crippen molar-refractivity contribution in [2.45, 2.75) is 13.0 Å². The van der Waals surface area contributed by atoms with Gasteiger partial charge in [-0.2, -0.15) is 22.1 Å². The number of hydrogen-bond donors (Lipinski definition) is 1. The lowest BCUT2D eigenvalue weighted by Gasteiger charge is -2.33. The van der Waals surface area contributed by atoms with E-state index in [1.807, 2.05) is 24.3 Å². The Morgan fingerprint density at radius 2 is 2.00 bits per heavy atom. The molecule has 0 atom stereocenters. The van der Waals surface area contributed by atoms with Crippen LogP contribution < -0.4 is 4.74 Å². The van der Waals surface area contributed by atoms with Gasteiger partial charge in [0.1, 0.15) is 5.75 Å². The Hall–Kier alpha value is -1.94. The number of fused-ring (bicyclic) bond motifs is 1. The summed E-state index contributed by atoms with van der Waals surface area (Å²) < 4.78 is 39.5. The Labute approximate surface area is 152 Å². The van der Waals surface area contributed by atoms with Crippen LogP contribution in [0.3, 0.4) is 0 Å². The minimum Gasteiger partial charge on any atom is -0.497 e. The minimum absolute atomic E-state index is 0.318. The van der Waals surface area contributed by atoms with Crippen LogP contribution in [-0.2, 0) is 27.9 Å². The molecule has 2 aliphatic rings. The van der Waals surface area contributed by atoms with Crippen LogP contribution in [0, 0.1) is 0 Å². The molecule has 1 saturated heterocycles. The van der Waals surface area contributed by atoms with E-state index in [4.69, 9.17) is 9.47 Å². The standard InChI is InChI=1S/C17H22N4O4S/c1-24-14-4-2-3-13(11-14)17-15-12-21(6-5-16(15)18-19-17)26(22,23)20-7-9-25-10-8-20/h2-4,11H,5-10,12H2,1H3,(H,18,19). The monoisotopic (exact) mass is 378 g/mol. The molecule has 8 nitrogen and oxygen atoms in total. The van der Waals surface area contributed by atoms with Crippen LogP contribution in [0.25, 0.3) is 11.3 Å². The zero-order valence-corrected chi connectivity index (χ0v) is 15.5. The molecular formula is C17H22N4O4S. The van der Waals surface area contributed by atoms with E-state index in [2.05, 4.69) is 10.2 Å². The van der Waals surface area contributed by atoms with Gasteiger partial charge in [0.05, 0.1) is 26.0 Å². The van der Waals surface area contributed by atoms with Crippen LogP contribution in [0.5, 0.6) is 5.75 Å². The number of ether oxygens (including phenoxy) is 2. The molecule has 0 aliphatic carbocycles. The van der Waals surface area contributed by atoms with Gasteiger partial charge in [-0.3, -0.25) is 5.10 Å². The predicted molar refractivity (Wildman–Crippen MR) is 96.0 cm³/mol. The number of aromatic amines is 1. The summed E-state index contributed by atoms with van der Waals surface area (Å²) in [5.41, 5.74) is 3.62. The average Bonchev–Trinajstić information content (AvgIpc) is 3.12. The van der Waals surface area contributed by atoms with Crippen molar-refractivity contribution in [3.63, 3.8) is 0 Å². The number of benzene rings is 1. The average molecular weight is 378 g/mol. The lowest BCUT2D eigenvalue weighted by atomic mass is 10.0. The van der Waals surface area contributed by atoms with Crippen LogP contribution in [-0.4, -0.2) is 67.2 Å². The zero-order valence-electron chi connectivity index (χ0n) is 14.6. The number of morpholine rings is 1. The highest BCUT2D eigenvalue weighted by Crippen LogP contribution is 2.31. The molecule has 1 N–H and O–H groups in total. The van der Waals surface area contributed by atoms with Gasteiger partial charge in [0, 0.05) is 49.4 Å². The van der Waals surface area contributed by atoms with Crippen molar-refractivity contribution >= 4 is 10.2 Å². The van der Waals surface area contributed by atoms with Gasteiger partial charge < -0.3 is 9.47 Å². The summed E-state index contributed by atoms with van der Waals surface area (Å²) >= 11 is 0. The predicted octanol–water partition coefficient (Wildman–Crippen LogP) is 1.02. The SMILES string of the molecule is COc1cccc(-c2n[nH]c3c2CN(S(=O)(=O)N2CCOCC2)CC3)c1. The molecule has 0 radical (unpaired) electrons. The molecule has 1 aromatic heterocycles. The molecule has 0 saturated carbocycles. The molecule has 9 heteroatoms. The lowest BCUT2D eigenvalue weighted by molar-refractivity contribution is 0.0699. The van der Waals surface area contributed by atoms with Gasteiger partial charge in [-0.05, 0) is 12.1 Å². The Morgan fingerprint density at radius 1 is 1.19 bits per heavy atom. The highest BCUT2D eigenvalue weighted by molar-refractivity contribution is 7.86. The van der Waals surface area contributed by atoms with Gasteiger partial charge >= 0.3 is 0 Å². The number of hydrogen-bond acceptors (Lipinski definition) is 5. The van der Waals surface area contributed by atoms with Gasteiger partial charge in [0.15, 0.2) is 0 Å². The minimum atomic E-state index is -3.50. The number of nitrogens with zero attached hydrogens (tertiary/aromatic N) is 3. The van der Waals surface area contributed by atoms with Crippen LogP contribution in [0.15, 0.2) is 24.3 Å². The van der Waals surface area contributed by atoms with E-state index in [0.717, 1.165) is 28.3 Å². The Morgan fingerprint density at radius 3 is 2.77 bits per heavy atom. The number of methoxy groups -OCH3 is 1. The number of nitrogens with one attached hydrogen (secondary N) is 1.